The van der Waals surface area contributed by atoms with Crippen LogP contribution in [0.2, 0.25) is 0 Å². The Hall–Kier alpha value is -1.80. The molecule has 0 aliphatic carbocycles. The maximum Gasteiger partial charge on any atom is 0.260 e. The van der Waals surface area contributed by atoms with Crippen molar-refractivity contribution in [1.82, 2.24) is 10.2 Å². The van der Waals surface area contributed by atoms with E-state index in [4.69, 9.17) is 4.74 Å². The van der Waals surface area contributed by atoms with Gasteiger partial charge in [0, 0.05) is 13.6 Å². The van der Waals surface area contributed by atoms with E-state index in [1.807, 2.05) is 14.1 Å². The summed E-state index contributed by atoms with van der Waals surface area (Å²) in [7, 11) is 2.15. The standard InChI is InChI=1S/C16H27N3O4S/c1-13(16(20)17-11-6-12-18(2)3)23-15-9-7-14(8-10-15)19(4)24(5,21)22/h7-10,13H,6,11-12H2,1-5H3,(H,17,20)/t13-/m1/s1. The van der Waals surface area contributed by atoms with Gasteiger partial charge in [-0.15, -0.1) is 0 Å². The molecule has 136 valence electrons. The highest BCUT2D eigenvalue weighted by Crippen LogP contribution is 2.20. The van der Waals surface area contributed by atoms with Crippen LogP contribution in [0.1, 0.15) is 13.3 Å². The van der Waals surface area contributed by atoms with Gasteiger partial charge in [0.1, 0.15) is 5.75 Å². The molecule has 1 aromatic carbocycles. The van der Waals surface area contributed by atoms with Crippen LogP contribution in [0, 0.1) is 0 Å². The maximum atomic E-state index is 12.0. The second-order valence-corrected chi connectivity index (χ2v) is 7.95. The van der Waals surface area contributed by atoms with Crippen molar-refractivity contribution in [1.29, 1.82) is 0 Å². The fourth-order valence-electron chi connectivity index (χ4n) is 1.93. The van der Waals surface area contributed by atoms with Crippen LogP contribution in [-0.2, 0) is 14.8 Å². The lowest BCUT2D eigenvalue weighted by atomic mass is 10.3. The third kappa shape index (κ3) is 6.76. The molecule has 0 unspecified atom stereocenters. The van der Waals surface area contributed by atoms with Gasteiger partial charge in [0.05, 0.1) is 11.9 Å². The van der Waals surface area contributed by atoms with Gasteiger partial charge >= 0.3 is 0 Å². The van der Waals surface area contributed by atoms with E-state index >= 15 is 0 Å². The lowest BCUT2D eigenvalue weighted by Crippen LogP contribution is -2.37. The van der Waals surface area contributed by atoms with Crippen molar-refractivity contribution in [3.63, 3.8) is 0 Å². The summed E-state index contributed by atoms with van der Waals surface area (Å²) in [4.78, 5) is 14.0. The number of anilines is 1. The van der Waals surface area contributed by atoms with E-state index < -0.39 is 16.1 Å². The summed E-state index contributed by atoms with van der Waals surface area (Å²) in [6.07, 6.45) is 1.39. The summed E-state index contributed by atoms with van der Waals surface area (Å²) in [5.41, 5.74) is 0.533. The number of rotatable bonds is 9. The summed E-state index contributed by atoms with van der Waals surface area (Å²) < 4.78 is 29.7. The number of amides is 1. The van der Waals surface area contributed by atoms with Gasteiger partial charge < -0.3 is 15.0 Å². The molecule has 0 bridgehead atoms. The second-order valence-electron chi connectivity index (χ2n) is 5.93. The average molecular weight is 357 g/mol. The average Bonchev–Trinajstić information content (AvgIpc) is 2.50. The number of carbonyl (C=O) groups is 1. The Kier molecular flexibility index (Phi) is 7.50. The van der Waals surface area contributed by atoms with Crippen molar-refractivity contribution >= 4 is 21.6 Å². The van der Waals surface area contributed by atoms with Gasteiger partial charge in [-0.25, -0.2) is 8.42 Å². The van der Waals surface area contributed by atoms with Crippen LogP contribution in [-0.4, -0.2) is 65.8 Å². The summed E-state index contributed by atoms with van der Waals surface area (Å²) in [5, 5.41) is 2.83. The Balaban J connectivity index is 2.52. The largest absolute Gasteiger partial charge is 0.481 e. The van der Waals surface area contributed by atoms with E-state index in [-0.39, 0.29) is 5.91 Å². The first kappa shape index (κ1) is 20.2. The predicted molar refractivity (Wildman–Crippen MR) is 96.0 cm³/mol. The minimum absolute atomic E-state index is 0.175. The van der Waals surface area contributed by atoms with Gasteiger partial charge in [-0.1, -0.05) is 0 Å². The highest BCUT2D eigenvalue weighted by molar-refractivity contribution is 7.92. The van der Waals surface area contributed by atoms with Crippen molar-refractivity contribution in [3.05, 3.63) is 24.3 Å². The topological polar surface area (TPSA) is 78.9 Å². The molecule has 1 rings (SSSR count). The van der Waals surface area contributed by atoms with Crippen LogP contribution in [0.25, 0.3) is 0 Å². The van der Waals surface area contributed by atoms with Crippen molar-refractivity contribution in [3.8, 4) is 5.75 Å². The van der Waals surface area contributed by atoms with E-state index in [1.54, 1.807) is 31.2 Å². The summed E-state index contributed by atoms with van der Waals surface area (Å²) >= 11 is 0. The molecule has 24 heavy (non-hydrogen) atoms. The first-order chi connectivity index (χ1) is 11.1. The molecule has 0 spiro atoms. The molecule has 1 aromatic rings. The molecule has 1 amide bonds. The van der Waals surface area contributed by atoms with Crippen LogP contribution >= 0.6 is 0 Å². The SMILES string of the molecule is C[C@@H](Oc1ccc(N(C)S(C)(=O)=O)cc1)C(=O)NCCCN(C)C. The zero-order valence-electron chi connectivity index (χ0n) is 14.9. The van der Waals surface area contributed by atoms with Gasteiger partial charge in [-0.05, 0) is 58.3 Å². The minimum Gasteiger partial charge on any atom is -0.481 e. The summed E-state index contributed by atoms with van der Waals surface area (Å²) in [6, 6.07) is 6.57. The highest BCUT2D eigenvalue weighted by Gasteiger charge is 2.15. The molecule has 1 N–H and O–H groups in total. The first-order valence-corrected chi connectivity index (χ1v) is 9.59. The number of nitrogens with one attached hydrogen (secondary N) is 1. The third-order valence-corrected chi connectivity index (χ3v) is 4.67. The monoisotopic (exact) mass is 357 g/mol. The normalized spacial score (nSPS) is 12.8. The number of benzene rings is 1. The van der Waals surface area contributed by atoms with Gasteiger partial charge in [-0.2, -0.15) is 0 Å². The molecule has 1 atom stereocenters. The maximum absolute atomic E-state index is 12.0. The lowest BCUT2D eigenvalue weighted by Gasteiger charge is -2.18. The minimum atomic E-state index is -3.30. The van der Waals surface area contributed by atoms with E-state index in [1.165, 1.54) is 11.4 Å². The number of sulfonamides is 1. The Bertz CT molecular complexity index is 629. The molecule has 7 nitrogen and oxygen atoms in total. The number of hydrogen-bond donors (Lipinski definition) is 1. The number of ether oxygens (including phenoxy) is 1. The van der Waals surface area contributed by atoms with E-state index in [2.05, 4.69) is 10.2 Å². The number of carbonyl (C=O) groups excluding carboxylic acids is 1. The van der Waals surface area contributed by atoms with E-state index in [0.717, 1.165) is 19.2 Å². The predicted octanol–water partition coefficient (Wildman–Crippen LogP) is 0.918. The van der Waals surface area contributed by atoms with Crippen LogP contribution in [0.4, 0.5) is 5.69 Å². The van der Waals surface area contributed by atoms with Gasteiger partial charge in [0.25, 0.3) is 5.91 Å². The van der Waals surface area contributed by atoms with Crippen molar-refractivity contribution in [2.45, 2.75) is 19.4 Å². The highest BCUT2D eigenvalue weighted by atomic mass is 32.2. The summed E-state index contributed by atoms with van der Waals surface area (Å²) in [6.45, 7) is 3.19. The second kappa shape index (κ2) is 8.89. The molecular formula is C16H27N3O4S. The van der Waals surface area contributed by atoms with Crippen molar-refractivity contribution in [2.24, 2.45) is 0 Å². The Morgan fingerprint density at radius 1 is 1.21 bits per heavy atom. The van der Waals surface area contributed by atoms with Crippen LogP contribution in [0.3, 0.4) is 0 Å². The lowest BCUT2D eigenvalue weighted by molar-refractivity contribution is -0.127. The van der Waals surface area contributed by atoms with Gasteiger partial charge in [0.2, 0.25) is 10.0 Å². The van der Waals surface area contributed by atoms with Crippen molar-refractivity contribution in [2.75, 3.05) is 44.8 Å². The molecule has 0 fully saturated rings. The zero-order chi connectivity index (χ0) is 18.3. The zero-order valence-corrected chi connectivity index (χ0v) is 15.8. The molecule has 0 saturated heterocycles. The van der Waals surface area contributed by atoms with Crippen LogP contribution in [0.15, 0.2) is 24.3 Å². The summed E-state index contributed by atoms with van der Waals surface area (Å²) in [5.74, 6) is 0.336. The smallest absolute Gasteiger partial charge is 0.260 e. The molecule has 0 saturated carbocycles. The van der Waals surface area contributed by atoms with Gasteiger partial charge in [0.15, 0.2) is 6.10 Å². The van der Waals surface area contributed by atoms with Crippen LogP contribution < -0.4 is 14.4 Å². The Labute approximate surface area is 144 Å². The Morgan fingerprint density at radius 2 is 1.79 bits per heavy atom. The Morgan fingerprint density at radius 3 is 2.29 bits per heavy atom. The number of hydrogen-bond acceptors (Lipinski definition) is 5. The molecule has 0 aromatic heterocycles. The molecule has 0 radical (unpaired) electrons. The van der Waals surface area contributed by atoms with Crippen LogP contribution in [0.5, 0.6) is 5.75 Å². The van der Waals surface area contributed by atoms with E-state index in [0.29, 0.717) is 18.0 Å². The quantitative estimate of drug-likeness (QED) is 0.665. The van der Waals surface area contributed by atoms with Crippen molar-refractivity contribution < 1.29 is 17.9 Å². The molecule has 0 aliphatic heterocycles. The molecular weight excluding hydrogens is 330 g/mol. The fraction of sp³-hybridized carbons (Fsp3) is 0.562. The molecule has 0 aliphatic rings. The molecule has 0 heterocycles. The van der Waals surface area contributed by atoms with Gasteiger partial charge in [-0.3, -0.25) is 9.10 Å². The number of nitrogens with zero attached hydrogens (tertiary/aromatic N) is 2. The van der Waals surface area contributed by atoms with E-state index in [9.17, 15) is 13.2 Å². The third-order valence-electron chi connectivity index (χ3n) is 3.46. The fourth-order valence-corrected chi connectivity index (χ4v) is 2.44. The first-order valence-electron chi connectivity index (χ1n) is 7.74. The molecule has 8 heteroatoms.